The van der Waals surface area contributed by atoms with Gasteiger partial charge in [0.05, 0.1) is 22.7 Å². The Labute approximate surface area is 171 Å². The molecule has 4 aromatic heterocycles. The van der Waals surface area contributed by atoms with Crippen molar-refractivity contribution in [2.45, 2.75) is 6.54 Å². The van der Waals surface area contributed by atoms with Crippen LogP contribution < -0.4 is 5.32 Å². The van der Waals surface area contributed by atoms with E-state index in [2.05, 4.69) is 30.2 Å². The van der Waals surface area contributed by atoms with Crippen LogP contribution >= 0.6 is 22.9 Å². The van der Waals surface area contributed by atoms with Gasteiger partial charge in [-0.2, -0.15) is 21.3 Å². The van der Waals surface area contributed by atoms with Crippen molar-refractivity contribution in [2.24, 2.45) is 0 Å². The molecule has 0 fully saturated rings. The molecule has 0 aliphatic carbocycles. The summed E-state index contributed by atoms with van der Waals surface area (Å²) in [5, 5.41) is 18.3. The van der Waals surface area contributed by atoms with Gasteiger partial charge in [-0.25, -0.2) is 9.97 Å². The number of aromatic nitrogens is 6. The molecule has 4 heterocycles. The molecular formula is C17H11ClN8O2S. The van der Waals surface area contributed by atoms with Crippen LogP contribution in [0, 0.1) is 10.1 Å². The summed E-state index contributed by atoms with van der Waals surface area (Å²) in [4.78, 5) is 31.1. The Balaban J connectivity index is 1.49. The van der Waals surface area contributed by atoms with Gasteiger partial charge in [0.1, 0.15) is 12.2 Å². The molecule has 12 heteroatoms. The van der Waals surface area contributed by atoms with Crippen LogP contribution in [0.2, 0.25) is 5.28 Å². The predicted octanol–water partition coefficient (Wildman–Crippen LogP) is 3.93. The van der Waals surface area contributed by atoms with E-state index in [1.165, 1.54) is 6.07 Å². The molecule has 0 radical (unpaired) electrons. The molecule has 0 bridgehead atoms. The first kappa shape index (κ1) is 17.5. The third-order valence-corrected chi connectivity index (χ3v) is 5.15. The molecule has 2 N–H and O–H groups in total. The topological polar surface area (TPSA) is 127 Å². The molecule has 0 saturated carbocycles. The number of halogens is 1. The van der Waals surface area contributed by atoms with Gasteiger partial charge in [-0.3, -0.25) is 14.7 Å². The van der Waals surface area contributed by atoms with Gasteiger partial charge in [0.2, 0.25) is 5.28 Å². The number of H-pyrrole nitrogens is 1. The van der Waals surface area contributed by atoms with Crippen LogP contribution in [0.3, 0.4) is 0 Å². The number of benzene rings is 1. The first-order valence-corrected chi connectivity index (χ1v) is 9.71. The number of imidazole rings is 2. The number of para-hydroxylation sites is 1. The molecule has 0 unspecified atom stereocenters. The smallest absolute Gasteiger partial charge is 0.297 e. The number of nitrogens with zero attached hydrogens (tertiary/aromatic N) is 6. The first-order valence-electron chi connectivity index (χ1n) is 8.39. The lowest BCUT2D eigenvalue weighted by molar-refractivity contribution is -0.383. The van der Waals surface area contributed by atoms with Gasteiger partial charge in [0, 0.05) is 11.4 Å². The Hall–Kier alpha value is -3.57. The number of nitro benzene ring substituents is 1. The number of anilines is 1. The molecule has 5 rings (SSSR count). The highest BCUT2D eigenvalue weighted by Gasteiger charge is 2.17. The molecule has 0 aliphatic rings. The number of rotatable bonds is 5. The third-order valence-electron chi connectivity index (χ3n) is 4.31. The summed E-state index contributed by atoms with van der Waals surface area (Å²) in [7, 11) is 0. The standard InChI is InChI=1S/C17H11ClN8O2S/c18-17-23-15(14-16(24-17)25(8-20-14)9-4-5-29-7-9)19-6-12-21-10-2-1-3-11(26(27)28)13(10)22-12/h1-5,7-8H,6H2,(H,21,22)(H,19,23,24). The van der Waals surface area contributed by atoms with Crippen molar-refractivity contribution in [1.29, 1.82) is 0 Å². The van der Waals surface area contributed by atoms with Crippen molar-refractivity contribution < 1.29 is 4.92 Å². The fraction of sp³-hybridized carbons (Fsp3) is 0.0588. The number of nitrogens with one attached hydrogen (secondary N) is 2. The Bertz CT molecular complexity index is 1360. The molecule has 29 heavy (non-hydrogen) atoms. The minimum Gasteiger partial charge on any atom is -0.361 e. The van der Waals surface area contributed by atoms with E-state index in [1.807, 2.05) is 21.4 Å². The normalized spacial score (nSPS) is 11.3. The maximum Gasteiger partial charge on any atom is 0.297 e. The average Bonchev–Trinajstić information content (AvgIpc) is 3.43. The number of fused-ring (bicyclic) bond motifs is 2. The quantitative estimate of drug-likeness (QED) is 0.247. The monoisotopic (exact) mass is 426 g/mol. The molecule has 0 atom stereocenters. The van der Waals surface area contributed by atoms with Crippen molar-refractivity contribution in [1.82, 2.24) is 29.5 Å². The summed E-state index contributed by atoms with van der Waals surface area (Å²) in [5.74, 6) is 0.971. The van der Waals surface area contributed by atoms with Crippen LogP contribution in [0.1, 0.15) is 5.82 Å². The van der Waals surface area contributed by atoms with E-state index in [0.717, 1.165) is 5.69 Å². The van der Waals surface area contributed by atoms with Crippen LogP contribution in [-0.2, 0) is 6.54 Å². The molecule has 0 aliphatic heterocycles. The average molecular weight is 427 g/mol. The minimum atomic E-state index is -0.453. The molecule has 10 nitrogen and oxygen atoms in total. The molecule has 0 spiro atoms. The third kappa shape index (κ3) is 3.05. The second-order valence-electron chi connectivity index (χ2n) is 6.08. The Kier molecular flexibility index (Phi) is 4.11. The van der Waals surface area contributed by atoms with E-state index < -0.39 is 4.92 Å². The van der Waals surface area contributed by atoms with Crippen LogP contribution in [0.4, 0.5) is 11.5 Å². The molecule has 0 amide bonds. The fourth-order valence-corrected chi connectivity index (χ4v) is 3.84. The van der Waals surface area contributed by atoms with Gasteiger partial charge < -0.3 is 10.3 Å². The van der Waals surface area contributed by atoms with Crippen LogP contribution in [-0.4, -0.2) is 34.4 Å². The van der Waals surface area contributed by atoms with Crippen molar-refractivity contribution in [2.75, 3.05) is 5.32 Å². The summed E-state index contributed by atoms with van der Waals surface area (Å²) in [6.45, 7) is 0.250. The number of hydrogen-bond acceptors (Lipinski definition) is 8. The van der Waals surface area contributed by atoms with Gasteiger partial charge in [-0.15, -0.1) is 0 Å². The zero-order valence-electron chi connectivity index (χ0n) is 14.5. The number of hydrogen-bond donors (Lipinski definition) is 2. The summed E-state index contributed by atoms with van der Waals surface area (Å²) in [6, 6.07) is 6.73. The van der Waals surface area contributed by atoms with Gasteiger partial charge in [0.15, 0.2) is 22.5 Å². The van der Waals surface area contributed by atoms with E-state index in [1.54, 1.807) is 29.8 Å². The Morgan fingerprint density at radius 1 is 1.24 bits per heavy atom. The highest BCUT2D eigenvalue weighted by Crippen LogP contribution is 2.26. The van der Waals surface area contributed by atoms with Gasteiger partial charge in [0.25, 0.3) is 5.69 Å². The maximum atomic E-state index is 11.2. The molecule has 144 valence electrons. The second-order valence-corrected chi connectivity index (χ2v) is 7.20. The van der Waals surface area contributed by atoms with Crippen molar-refractivity contribution in [3.8, 4) is 5.69 Å². The summed E-state index contributed by atoms with van der Waals surface area (Å²) < 4.78 is 1.83. The number of nitro groups is 1. The van der Waals surface area contributed by atoms with Gasteiger partial charge in [-0.05, 0) is 29.1 Å². The Morgan fingerprint density at radius 2 is 2.14 bits per heavy atom. The summed E-state index contributed by atoms with van der Waals surface area (Å²) >= 11 is 7.68. The van der Waals surface area contributed by atoms with Crippen LogP contribution in [0.25, 0.3) is 27.9 Å². The van der Waals surface area contributed by atoms with E-state index in [0.29, 0.717) is 33.8 Å². The maximum absolute atomic E-state index is 11.2. The van der Waals surface area contributed by atoms with Crippen LogP contribution in [0.15, 0.2) is 41.4 Å². The minimum absolute atomic E-state index is 0.0491. The lowest BCUT2D eigenvalue weighted by Crippen LogP contribution is -2.05. The second kappa shape index (κ2) is 6.79. The van der Waals surface area contributed by atoms with E-state index >= 15 is 0 Å². The van der Waals surface area contributed by atoms with Gasteiger partial charge >= 0.3 is 0 Å². The van der Waals surface area contributed by atoms with Crippen LogP contribution in [0.5, 0.6) is 0 Å². The van der Waals surface area contributed by atoms with Crippen molar-refractivity contribution in [3.05, 3.63) is 62.6 Å². The van der Waals surface area contributed by atoms with Crippen molar-refractivity contribution >= 4 is 56.6 Å². The zero-order chi connectivity index (χ0) is 20.0. The lowest BCUT2D eigenvalue weighted by atomic mass is 10.3. The molecule has 0 saturated heterocycles. The number of non-ortho nitro benzene ring substituents is 1. The predicted molar refractivity (Wildman–Crippen MR) is 110 cm³/mol. The first-order chi connectivity index (χ1) is 14.1. The molecular weight excluding hydrogens is 416 g/mol. The summed E-state index contributed by atoms with van der Waals surface area (Å²) in [5.41, 5.74) is 2.91. The Morgan fingerprint density at radius 3 is 2.93 bits per heavy atom. The number of thiophene rings is 1. The fourth-order valence-electron chi connectivity index (χ4n) is 3.05. The summed E-state index contributed by atoms with van der Waals surface area (Å²) in [6.07, 6.45) is 1.66. The largest absolute Gasteiger partial charge is 0.361 e. The lowest BCUT2D eigenvalue weighted by Gasteiger charge is -2.06. The number of aromatic amines is 1. The highest BCUT2D eigenvalue weighted by atomic mass is 35.5. The SMILES string of the molecule is O=[N+]([O-])c1cccc2[nH]c(CNc3nc(Cl)nc4c3ncn4-c3ccsc3)nc12. The van der Waals surface area contributed by atoms with E-state index in [4.69, 9.17) is 11.6 Å². The molecule has 5 aromatic rings. The van der Waals surface area contributed by atoms with Gasteiger partial charge in [-0.1, -0.05) is 6.07 Å². The van der Waals surface area contributed by atoms with E-state index in [-0.39, 0.29) is 17.5 Å². The zero-order valence-corrected chi connectivity index (χ0v) is 16.1. The van der Waals surface area contributed by atoms with E-state index in [9.17, 15) is 10.1 Å². The molecule has 1 aromatic carbocycles. The highest BCUT2D eigenvalue weighted by molar-refractivity contribution is 7.08. The van der Waals surface area contributed by atoms with Crippen molar-refractivity contribution in [3.63, 3.8) is 0 Å².